The van der Waals surface area contributed by atoms with Crippen LogP contribution in [0.5, 0.6) is 5.75 Å². The Morgan fingerprint density at radius 3 is 3.07 bits per heavy atom. The molecule has 0 aromatic heterocycles. The van der Waals surface area contributed by atoms with Crippen molar-refractivity contribution in [3.8, 4) is 5.75 Å². The first-order valence-corrected chi connectivity index (χ1v) is 4.70. The molecule has 1 heterocycles. The number of hydrogen-bond acceptors (Lipinski definition) is 3. The fourth-order valence-corrected chi connectivity index (χ4v) is 1.31. The van der Waals surface area contributed by atoms with Crippen LogP contribution in [-0.2, 0) is 4.84 Å². The van der Waals surface area contributed by atoms with Gasteiger partial charge in [-0.25, -0.2) is 0 Å². The number of nitrogens with one attached hydrogen (secondary N) is 1. The summed E-state index contributed by atoms with van der Waals surface area (Å²) in [4.78, 5) is 5.10. The van der Waals surface area contributed by atoms with E-state index < -0.39 is 0 Å². The zero-order chi connectivity index (χ0) is 9.64. The van der Waals surface area contributed by atoms with E-state index in [1.807, 2.05) is 36.4 Å². The highest BCUT2D eigenvalue weighted by Crippen LogP contribution is 2.19. The summed E-state index contributed by atoms with van der Waals surface area (Å²) in [6.07, 6.45) is 4.03. The lowest BCUT2D eigenvalue weighted by Crippen LogP contribution is -2.19. The fourth-order valence-electron chi connectivity index (χ4n) is 1.31. The first-order valence-electron chi connectivity index (χ1n) is 4.70. The van der Waals surface area contributed by atoms with E-state index in [0.717, 1.165) is 11.3 Å². The molecule has 0 aliphatic carbocycles. The SMILES string of the molecule is C1=C\c2ccccc2OCCONC/1. The predicted octanol–water partition coefficient (Wildman–Crippen LogP) is 1.61. The van der Waals surface area contributed by atoms with Crippen molar-refractivity contribution in [2.75, 3.05) is 19.8 Å². The molecule has 3 nitrogen and oxygen atoms in total. The minimum atomic E-state index is 0.558. The molecule has 1 aromatic rings. The number of fused-ring (bicyclic) bond motifs is 1. The third-order valence-corrected chi connectivity index (χ3v) is 1.96. The van der Waals surface area contributed by atoms with Gasteiger partial charge in [-0.05, 0) is 6.07 Å². The molecule has 0 unspecified atom stereocenters. The highest BCUT2D eigenvalue weighted by molar-refractivity contribution is 5.57. The van der Waals surface area contributed by atoms with Crippen molar-refractivity contribution >= 4 is 6.08 Å². The Kier molecular flexibility index (Phi) is 3.16. The van der Waals surface area contributed by atoms with Crippen LogP contribution in [0.3, 0.4) is 0 Å². The van der Waals surface area contributed by atoms with Gasteiger partial charge in [0, 0.05) is 12.1 Å². The van der Waals surface area contributed by atoms with Gasteiger partial charge in [0.25, 0.3) is 0 Å². The lowest BCUT2D eigenvalue weighted by atomic mass is 10.2. The van der Waals surface area contributed by atoms with Crippen molar-refractivity contribution in [1.29, 1.82) is 0 Å². The van der Waals surface area contributed by atoms with Gasteiger partial charge in [0.2, 0.25) is 0 Å². The maximum absolute atomic E-state index is 5.55. The highest BCUT2D eigenvalue weighted by atomic mass is 16.7. The molecule has 0 radical (unpaired) electrons. The molecule has 74 valence electrons. The van der Waals surface area contributed by atoms with Gasteiger partial charge < -0.3 is 4.74 Å². The molecule has 0 bridgehead atoms. The van der Waals surface area contributed by atoms with Crippen molar-refractivity contribution in [1.82, 2.24) is 5.48 Å². The predicted molar refractivity (Wildman–Crippen MR) is 54.9 cm³/mol. The Morgan fingerprint density at radius 2 is 2.07 bits per heavy atom. The Morgan fingerprint density at radius 1 is 1.14 bits per heavy atom. The molecule has 0 fully saturated rings. The van der Waals surface area contributed by atoms with Crippen LogP contribution in [0.4, 0.5) is 0 Å². The lowest BCUT2D eigenvalue weighted by Gasteiger charge is -2.11. The zero-order valence-corrected chi connectivity index (χ0v) is 7.90. The van der Waals surface area contributed by atoms with Gasteiger partial charge in [0.1, 0.15) is 19.0 Å². The molecule has 1 N–H and O–H groups in total. The molecule has 1 aliphatic heterocycles. The molecule has 1 aliphatic rings. The summed E-state index contributed by atoms with van der Waals surface area (Å²) < 4.78 is 5.55. The molecule has 3 heteroatoms. The van der Waals surface area contributed by atoms with Crippen LogP contribution in [0, 0.1) is 0 Å². The van der Waals surface area contributed by atoms with Gasteiger partial charge in [-0.3, -0.25) is 4.84 Å². The summed E-state index contributed by atoms with van der Waals surface area (Å²) in [5.41, 5.74) is 3.93. The van der Waals surface area contributed by atoms with Gasteiger partial charge in [0.05, 0.1) is 0 Å². The van der Waals surface area contributed by atoms with E-state index in [4.69, 9.17) is 9.57 Å². The average molecular weight is 191 g/mol. The minimum Gasteiger partial charge on any atom is -0.490 e. The summed E-state index contributed by atoms with van der Waals surface area (Å²) in [5, 5.41) is 0. The van der Waals surface area contributed by atoms with Gasteiger partial charge >= 0.3 is 0 Å². The van der Waals surface area contributed by atoms with Crippen molar-refractivity contribution < 1.29 is 9.57 Å². The zero-order valence-electron chi connectivity index (χ0n) is 7.90. The minimum absolute atomic E-state index is 0.558. The Bertz CT molecular complexity index is 323. The van der Waals surface area contributed by atoms with Crippen LogP contribution in [0.25, 0.3) is 6.08 Å². The molecule has 14 heavy (non-hydrogen) atoms. The topological polar surface area (TPSA) is 30.5 Å². The Labute approximate surface area is 83.3 Å². The summed E-state index contributed by atoms with van der Waals surface area (Å²) in [6.45, 7) is 1.84. The largest absolute Gasteiger partial charge is 0.490 e. The normalized spacial score (nSPS) is 19.1. The van der Waals surface area contributed by atoms with E-state index in [-0.39, 0.29) is 0 Å². The number of para-hydroxylation sites is 1. The van der Waals surface area contributed by atoms with E-state index in [1.165, 1.54) is 0 Å². The van der Waals surface area contributed by atoms with Crippen LogP contribution < -0.4 is 10.2 Å². The highest BCUT2D eigenvalue weighted by Gasteiger charge is 2.00. The van der Waals surface area contributed by atoms with E-state index >= 15 is 0 Å². The second-order valence-corrected chi connectivity index (χ2v) is 2.99. The number of ether oxygens (including phenoxy) is 1. The van der Waals surface area contributed by atoms with E-state index in [0.29, 0.717) is 19.8 Å². The summed E-state index contributed by atoms with van der Waals surface area (Å²) in [6, 6.07) is 7.97. The third kappa shape index (κ3) is 2.34. The van der Waals surface area contributed by atoms with Crippen LogP contribution in [0.2, 0.25) is 0 Å². The lowest BCUT2D eigenvalue weighted by molar-refractivity contribution is 0.0284. The molecular weight excluding hydrogens is 178 g/mol. The third-order valence-electron chi connectivity index (χ3n) is 1.96. The monoisotopic (exact) mass is 191 g/mol. The van der Waals surface area contributed by atoms with Crippen LogP contribution >= 0.6 is 0 Å². The van der Waals surface area contributed by atoms with Gasteiger partial charge in [0.15, 0.2) is 0 Å². The Hall–Kier alpha value is -1.32. The number of hydrogen-bond donors (Lipinski definition) is 1. The molecule has 1 aromatic carbocycles. The Balaban J connectivity index is 2.21. The summed E-state index contributed by atoms with van der Waals surface area (Å²) in [5.74, 6) is 0.911. The van der Waals surface area contributed by atoms with Gasteiger partial charge in [-0.1, -0.05) is 30.4 Å². The van der Waals surface area contributed by atoms with Gasteiger partial charge in [-0.2, -0.15) is 5.48 Å². The first kappa shape index (κ1) is 9.24. The van der Waals surface area contributed by atoms with E-state index in [2.05, 4.69) is 5.48 Å². The summed E-state index contributed by atoms with van der Waals surface area (Å²) >= 11 is 0. The molecule has 2 rings (SSSR count). The number of rotatable bonds is 0. The van der Waals surface area contributed by atoms with Crippen molar-refractivity contribution in [2.24, 2.45) is 0 Å². The standard InChI is InChI=1S/C11H13NO2/c1-2-6-11-10(4-1)5-3-7-12-14-9-8-13-11/h1-6,12H,7-9H2/b5-3-. The first-order chi connectivity index (χ1) is 6.97. The van der Waals surface area contributed by atoms with Crippen molar-refractivity contribution in [2.45, 2.75) is 0 Å². The van der Waals surface area contributed by atoms with E-state index in [1.54, 1.807) is 0 Å². The second-order valence-electron chi connectivity index (χ2n) is 2.99. The fraction of sp³-hybridized carbons (Fsp3) is 0.273. The smallest absolute Gasteiger partial charge is 0.126 e. The van der Waals surface area contributed by atoms with Crippen molar-refractivity contribution in [3.05, 3.63) is 35.9 Å². The number of benzene rings is 1. The quantitative estimate of drug-likeness (QED) is 0.675. The van der Waals surface area contributed by atoms with Gasteiger partial charge in [-0.15, -0.1) is 0 Å². The van der Waals surface area contributed by atoms with Crippen LogP contribution in [-0.4, -0.2) is 19.8 Å². The molecule has 0 saturated heterocycles. The van der Waals surface area contributed by atoms with Crippen LogP contribution in [0.15, 0.2) is 30.3 Å². The van der Waals surface area contributed by atoms with Crippen molar-refractivity contribution in [3.63, 3.8) is 0 Å². The number of hydroxylamine groups is 1. The summed E-state index contributed by atoms with van der Waals surface area (Å²) in [7, 11) is 0. The maximum atomic E-state index is 5.55. The van der Waals surface area contributed by atoms with Crippen LogP contribution in [0.1, 0.15) is 5.56 Å². The average Bonchev–Trinajstić information content (AvgIpc) is 2.25. The molecular formula is C11H13NO2. The molecule has 0 spiro atoms. The molecule has 0 amide bonds. The maximum Gasteiger partial charge on any atom is 0.126 e. The molecule has 0 saturated carbocycles. The second kappa shape index (κ2) is 4.79. The molecule has 0 atom stereocenters. The van der Waals surface area contributed by atoms with E-state index in [9.17, 15) is 0 Å².